The molecule has 7 nitrogen and oxygen atoms in total. The summed E-state index contributed by atoms with van der Waals surface area (Å²) >= 11 is 0. The van der Waals surface area contributed by atoms with Crippen LogP contribution in [0.5, 0.6) is 0 Å². The molecule has 1 unspecified atom stereocenters. The number of sulfone groups is 1. The minimum absolute atomic E-state index is 0.0506. The molecule has 1 atom stereocenters. The lowest BCUT2D eigenvalue weighted by Crippen LogP contribution is -2.35. The summed E-state index contributed by atoms with van der Waals surface area (Å²) in [6.45, 7) is 2.00. The minimum atomic E-state index is -3.08. The van der Waals surface area contributed by atoms with Crippen molar-refractivity contribution in [3.8, 4) is 0 Å². The largest absolute Gasteiger partial charge is 0.348 e. The molecule has 27 heavy (non-hydrogen) atoms. The number of nitrogens with zero attached hydrogens (tertiary/aromatic N) is 1. The summed E-state index contributed by atoms with van der Waals surface area (Å²) < 4.78 is 23.0. The van der Waals surface area contributed by atoms with Crippen molar-refractivity contribution in [1.29, 1.82) is 0 Å². The molecule has 1 fully saturated rings. The molecular formula is C19H21N3O4S. The number of amides is 2. The standard InChI is InChI=1S/C19H21N3O4S/c1-2-13-5-3-4-6-16(13)22-19(24)17-11-14(7-9-20-17)18(23)21-15-8-10-27(25,26)12-15/h3-7,9,11,15H,2,8,10,12H2,1H3,(H,21,23)(H,22,24). The third-order valence-electron chi connectivity index (χ3n) is 4.47. The van der Waals surface area contributed by atoms with Crippen LogP contribution in [0.4, 0.5) is 5.69 Å². The molecule has 1 saturated heterocycles. The first-order valence-electron chi connectivity index (χ1n) is 8.74. The third-order valence-corrected chi connectivity index (χ3v) is 6.24. The Hall–Kier alpha value is -2.74. The second-order valence-electron chi connectivity index (χ2n) is 6.47. The fourth-order valence-electron chi connectivity index (χ4n) is 3.01. The number of pyridine rings is 1. The molecule has 0 radical (unpaired) electrons. The van der Waals surface area contributed by atoms with Crippen LogP contribution in [0.15, 0.2) is 42.6 Å². The monoisotopic (exact) mass is 387 g/mol. The number of aromatic nitrogens is 1. The van der Waals surface area contributed by atoms with E-state index in [4.69, 9.17) is 0 Å². The number of hydrogen-bond donors (Lipinski definition) is 2. The first-order chi connectivity index (χ1) is 12.9. The minimum Gasteiger partial charge on any atom is -0.348 e. The number of benzene rings is 1. The summed E-state index contributed by atoms with van der Waals surface area (Å²) in [5, 5.41) is 5.52. The molecular weight excluding hydrogens is 366 g/mol. The van der Waals surface area contributed by atoms with Crippen molar-refractivity contribution in [2.75, 3.05) is 16.8 Å². The zero-order valence-corrected chi connectivity index (χ0v) is 15.8. The number of nitrogens with one attached hydrogen (secondary N) is 2. The van der Waals surface area contributed by atoms with Crippen LogP contribution in [0.1, 0.15) is 39.8 Å². The van der Waals surface area contributed by atoms with Gasteiger partial charge in [-0.05, 0) is 36.6 Å². The van der Waals surface area contributed by atoms with Crippen molar-refractivity contribution >= 4 is 27.3 Å². The van der Waals surface area contributed by atoms with Gasteiger partial charge in [-0.25, -0.2) is 8.42 Å². The Morgan fingerprint density at radius 3 is 2.67 bits per heavy atom. The van der Waals surface area contributed by atoms with Gasteiger partial charge >= 0.3 is 0 Å². The number of aryl methyl sites for hydroxylation is 1. The van der Waals surface area contributed by atoms with Gasteiger partial charge in [0.05, 0.1) is 11.5 Å². The van der Waals surface area contributed by atoms with Gasteiger partial charge < -0.3 is 10.6 Å². The normalized spacial score (nSPS) is 18.0. The maximum absolute atomic E-state index is 12.5. The number of carbonyl (C=O) groups excluding carboxylic acids is 2. The first kappa shape index (κ1) is 19.0. The zero-order valence-electron chi connectivity index (χ0n) is 14.9. The predicted octanol–water partition coefficient (Wildman–Crippen LogP) is 1.81. The molecule has 1 aromatic carbocycles. The van der Waals surface area contributed by atoms with E-state index in [0.29, 0.717) is 12.1 Å². The summed E-state index contributed by atoms with van der Waals surface area (Å²) in [7, 11) is -3.08. The Labute approximate surface area is 158 Å². The molecule has 1 aromatic heterocycles. The first-order valence-corrected chi connectivity index (χ1v) is 10.6. The Morgan fingerprint density at radius 1 is 1.19 bits per heavy atom. The van der Waals surface area contributed by atoms with E-state index < -0.39 is 27.7 Å². The van der Waals surface area contributed by atoms with Crippen LogP contribution in [0, 0.1) is 0 Å². The van der Waals surface area contributed by atoms with Gasteiger partial charge in [0.25, 0.3) is 11.8 Å². The topological polar surface area (TPSA) is 105 Å². The smallest absolute Gasteiger partial charge is 0.274 e. The number of rotatable bonds is 5. The zero-order chi connectivity index (χ0) is 19.4. The lowest BCUT2D eigenvalue weighted by molar-refractivity contribution is 0.0941. The van der Waals surface area contributed by atoms with Crippen molar-refractivity contribution < 1.29 is 18.0 Å². The van der Waals surface area contributed by atoms with Crippen LogP contribution in [0.2, 0.25) is 0 Å². The number of anilines is 1. The average Bonchev–Trinajstić information content (AvgIpc) is 3.00. The van der Waals surface area contributed by atoms with Crippen molar-refractivity contribution in [3.63, 3.8) is 0 Å². The molecule has 3 rings (SSSR count). The van der Waals surface area contributed by atoms with Crippen LogP contribution in [0.3, 0.4) is 0 Å². The molecule has 142 valence electrons. The third kappa shape index (κ3) is 4.71. The molecule has 2 N–H and O–H groups in total. The SMILES string of the molecule is CCc1ccccc1NC(=O)c1cc(C(=O)NC2CCS(=O)(=O)C2)ccn1. The van der Waals surface area contributed by atoms with E-state index in [9.17, 15) is 18.0 Å². The second-order valence-corrected chi connectivity index (χ2v) is 8.70. The fourth-order valence-corrected chi connectivity index (χ4v) is 4.68. The van der Waals surface area contributed by atoms with Gasteiger partial charge in [-0.1, -0.05) is 25.1 Å². The highest BCUT2D eigenvalue weighted by molar-refractivity contribution is 7.91. The fraction of sp³-hybridized carbons (Fsp3) is 0.316. The molecule has 1 aliphatic rings. The molecule has 0 spiro atoms. The van der Waals surface area contributed by atoms with Gasteiger partial charge in [-0.2, -0.15) is 0 Å². The van der Waals surface area contributed by atoms with E-state index >= 15 is 0 Å². The molecule has 0 aliphatic carbocycles. The van der Waals surface area contributed by atoms with Crippen LogP contribution >= 0.6 is 0 Å². The Bertz CT molecular complexity index is 972. The van der Waals surface area contributed by atoms with Gasteiger partial charge in [0.15, 0.2) is 9.84 Å². The Morgan fingerprint density at radius 2 is 1.96 bits per heavy atom. The van der Waals surface area contributed by atoms with E-state index in [-0.39, 0.29) is 22.8 Å². The van der Waals surface area contributed by atoms with Crippen LogP contribution < -0.4 is 10.6 Å². The highest BCUT2D eigenvalue weighted by Crippen LogP contribution is 2.17. The molecule has 0 bridgehead atoms. The van der Waals surface area contributed by atoms with E-state index in [0.717, 1.165) is 12.0 Å². The molecule has 8 heteroatoms. The van der Waals surface area contributed by atoms with E-state index in [1.807, 2.05) is 31.2 Å². The quantitative estimate of drug-likeness (QED) is 0.814. The van der Waals surface area contributed by atoms with Gasteiger partial charge in [-0.15, -0.1) is 0 Å². The maximum atomic E-state index is 12.5. The average molecular weight is 387 g/mol. The van der Waals surface area contributed by atoms with Crippen LogP contribution in [-0.2, 0) is 16.3 Å². The molecule has 2 amide bonds. The van der Waals surface area contributed by atoms with Gasteiger partial charge in [0, 0.05) is 23.5 Å². The van der Waals surface area contributed by atoms with Crippen molar-refractivity contribution in [3.05, 3.63) is 59.4 Å². The van der Waals surface area contributed by atoms with E-state index in [1.54, 1.807) is 0 Å². The molecule has 1 aliphatic heterocycles. The summed E-state index contributed by atoms with van der Waals surface area (Å²) in [6.07, 6.45) is 2.57. The summed E-state index contributed by atoms with van der Waals surface area (Å²) in [4.78, 5) is 28.9. The number of carbonyl (C=O) groups is 2. The highest BCUT2D eigenvalue weighted by atomic mass is 32.2. The summed E-state index contributed by atoms with van der Waals surface area (Å²) in [5.74, 6) is -0.791. The molecule has 2 aromatic rings. The van der Waals surface area contributed by atoms with E-state index in [2.05, 4.69) is 15.6 Å². The van der Waals surface area contributed by atoms with Gasteiger partial charge in [0.2, 0.25) is 0 Å². The second kappa shape index (κ2) is 7.87. The van der Waals surface area contributed by atoms with Crippen molar-refractivity contribution in [1.82, 2.24) is 10.3 Å². The lowest BCUT2D eigenvalue weighted by atomic mass is 10.1. The van der Waals surface area contributed by atoms with Gasteiger partial charge in [-0.3, -0.25) is 14.6 Å². The highest BCUT2D eigenvalue weighted by Gasteiger charge is 2.29. The van der Waals surface area contributed by atoms with Crippen LogP contribution in [-0.4, -0.2) is 42.8 Å². The molecule has 2 heterocycles. The van der Waals surface area contributed by atoms with E-state index in [1.165, 1.54) is 18.3 Å². The Balaban J connectivity index is 1.71. The van der Waals surface area contributed by atoms with Crippen molar-refractivity contribution in [2.45, 2.75) is 25.8 Å². The summed E-state index contributed by atoms with van der Waals surface area (Å²) in [6, 6.07) is 9.99. The predicted molar refractivity (Wildman–Crippen MR) is 103 cm³/mol. The Kier molecular flexibility index (Phi) is 5.55. The van der Waals surface area contributed by atoms with Crippen molar-refractivity contribution in [2.24, 2.45) is 0 Å². The number of para-hydroxylation sites is 1. The maximum Gasteiger partial charge on any atom is 0.274 e. The molecule has 0 saturated carbocycles. The van der Waals surface area contributed by atoms with Crippen LogP contribution in [0.25, 0.3) is 0 Å². The van der Waals surface area contributed by atoms with Gasteiger partial charge in [0.1, 0.15) is 5.69 Å². The summed E-state index contributed by atoms with van der Waals surface area (Å²) in [5.41, 5.74) is 2.09. The lowest BCUT2D eigenvalue weighted by Gasteiger charge is -2.12. The number of hydrogen-bond acceptors (Lipinski definition) is 5.